The van der Waals surface area contributed by atoms with Gasteiger partial charge in [-0.05, 0) is 25.1 Å². The van der Waals surface area contributed by atoms with Gasteiger partial charge in [0.1, 0.15) is 17.2 Å². The van der Waals surface area contributed by atoms with E-state index in [0.717, 1.165) is 0 Å². The second-order valence-electron chi connectivity index (χ2n) is 7.74. The fourth-order valence-corrected chi connectivity index (χ4v) is 4.33. The number of nitrogens with two attached hydrogens (primary N) is 1. The first-order valence-corrected chi connectivity index (χ1v) is 10.4. The van der Waals surface area contributed by atoms with E-state index >= 15 is 0 Å². The smallest absolute Gasteiger partial charge is 0.285 e. The predicted molar refractivity (Wildman–Crippen MR) is 140 cm³/mol. The number of hydrogen-bond acceptors (Lipinski definition) is 8. The van der Waals surface area contributed by atoms with Gasteiger partial charge in [-0.15, -0.1) is 0 Å². The lowest BCUT2D eigenvalue weighted by Gasteiger charge is -2.47. The molecule has 0 saturated carbocycles. The third kappa shape index (κ3) is 4.01. The lowest BCUT2D eigenvalue weighted by Crippen LogP contribution is -2.52. The van der Waals surface area contributed by atoms with Crippen LogP contribution in [0.3, 0.4) is 0 Å². The van der Waals surface area contributed by atoms with Gasteiger partial charge in [0.2, 0.25) is 5.95 Å². The van der Waals surface area contributed by atoms with Gasteiger partial charge in [0.25, 0.3) is 5.56 Å². The molecular weight excluding hydrogens is 496 g/mol. The molecule has 0 spiro atoms. The number of nitrogen functional groups attached to an aromatic ring is 1. The van der Waals surface area contributed by atoms with Crippen molar-refractivity contribution in [3.8, 4) is 5.82 Å². The van der Waals surface area contributed by atoms with Gasteiger partial charge in [-0.2, -0.15) is 37.1 Å². The zero-order valence-corrected chi connectivity index (χ0v) is 21.1. The van der Waals surface area contributed by atoms with E-state index in [9.17, 15) is 9.59 Å². The van der Waals surface area contributed by atoms with Crippen LogP contribution in [0, 0.1) is 5.92 Å². The Hall–Kier alpha value is -3.09. The van der Waals surface area contributed by atoms with Crippen molar-refractivity contribution < 1.29 is 4.79 Å². The Bertz CT molecular complexity index is 1430. The maximum absolute atomic E-state index is 13.5. The third-order valence-corrected chi connectivity index (χ3v) is 5.91. The Balaban J connectivity index is 0.00000162. The Labute approximate surface area is 213 Å². The van der Waals surface area contributed by atoms with Crippen LogP contribution in [0.2, 0.25) is 5.02 Å². The van der Waals surface area contributed by atoms with Crippen LogP contribution in [-0.2, 0) is 0 Å². The van der Waals surface area contributed by atoms with Crippen LogP contribution in [0.15, 0.2) is 47.7 Å². The molecule has 2 N–H and O–H groups in total. The summed E-state index contributed by atoms with van der Waals surface area (Å²) >= 11 is 6.27. The number of Topliss-reactive ketones (excluding diaryl/α,β-unsaturated/α-hetero) is 1. The molecule has 0 unspecified atom stereocenters. The molecule has 5 heterocycles. The van der Waals surface area contributed by atoms with E-state index in [4.69, 9.17) is 22.4 Å². The summed E-state index contributed by atoms with van der Waals surface area (Å²) in [4.78, 5) is 40.3. The molecule has 1 aliphatic heterocycles. The average molecular weight is 519 g/mol. The molecule has 5 rings (SSSR count). The Morgan fingerprint density at radius 3 is 2.62 bits per heavy atom. The molecule has 10 nitrogen and oxygen atoms in total. The summed E-state index contributed by atoms with van der Waals surface area (Å²) in [6.45, 7) is 4.09. The first kappa shape index (κ1) is 25.5. The molecule has 1 fully saturated rings. The van der Waals surface area contributed by atoms with E-state index in [0.29, 0.717) is 34.6 Å². The number of hydrogen-bond donors (Lipinski definition) is 1. The van der Waals surface area contributed by atoms with Crippen LogP contribution in [0.5, 0.6) is 0 Å². The number of aromatic nitrogens is 6. The van der Waals surface area contributed by atoms with E-state index in [2.05, 4.69) is 15.0 Å². The highest BCUT2D eigenvalue weighted by Gasteiger charge is 2.43. The molecule has 4 aromatic heterocycles. The molecule has 178 valence electrons. The van der Waals surface area contributed by atoms with Crippen molar-refractivity contribution in [3.05, 3.63) is 69.6 Å². The first-order chi connectivity index (χ1) is 15.4. The predicted octanol–water partition coefficient (Wildman–Crippen LogP) is 2.53. The van der Waals surface area contributed by atoms with Crippen molar-refractivity contribution in [2.45, 2.75) is 19.9 Å². The Kier molecular flexibility index (Phi) is 7.24. The Morgan fingerprint density at radius 1 is 1.21 bits per heavy atom. The van der Waals surface area contributed by atoms with Gasteiger partial charge in [-0.3, -0.25) is 9.59 Å². The van der Waals surface area contributed by atoms with Crippen LogP contribution in [0.1, 0.15) is 36.1 Å². The van der Waals surface area contributed by atoms with Gasteiger partial charge < -0.3 is 10.6 Å². The van der Waals surface area contributed by atoms with Gasteiger partial charge in [-0.1, -0.05) is 24.6 Å². The van der Waals surface area contributed by atoms with E-state index in [1.165, 1.54) is 22.2 Å². The molecule has 0 radical (unpaired) electrons. The number of anilines is 2. The molecule has 0 amide bonds. The van der Waals surface area contributed by atoms with Gasteiger partial charge in [-0.25, -0.2) is 19.1 Å². The van der Waals surface area contributed by atoms with Crippen LogP contribution < -0.4 is 16.2 Å². The van der Waals surface area contributed by atoms with Crippen LogP contribution >= 0.6 is 38.6 Å². The number of carbonyl (C=O) groups excluding carboxylic acids is 1. The highest BCUT2D eigenvalue weighted by atomic mass is 35.5. The maximum Gasteiger partial charge on any atom is 0.285 e. The summed E-state index contributed by atoms with van der Waals surface area (Å²) < 4.78 is 2.94. The number of carbonyl (C=O) groups is 1. The van der Waals surface area contributed by atoms with Gasteiger partial charge in [0.15, 0.2) is 11.6 Å². The zero-order chi connectivity index (χ0) is 22.6. The number of fused-ring (bicyclic) bond motifs is 1. The fourth-order valence-electron chi connectivity index (χ4n) is 4.10. The minimum atomic E-state index is -0.359. The molecule has 2 atom stereocenters. The fraction of sp³-hybridized carbons (Fsp3) is 0.238. The van der Waals surface area contributed by atoms with Crippen molar-refractivity contribution in [1.29, 1.82) is 0 Å². The number of pyridine rings is 1. The molecule has 1 aliphatic rings. The summed E-state index contributed by atoms with van der Waals surface area (Å²) in [7, 11) is 0. The van der Waals surface area contributed by atoms with Crippen molar-refractivity contribution in [2.24, 2.45) is 5.92 Å². The number of nitrogens with zero attached hydrogens (tertiary/aromatic N) is 7. The van der Waals surface area contributed by atoms with E-state index in [-0.39, 0.29) is 61.8 Å². The topological polar surface area (TPSA) is 124 Å². The van der Waals surface area contributed by atoms with Crippen molar-refractivity contribution in [3.63, 3.8) is 0 Å². The van der Waals surface area contributed by atoms with Crippen LogP contribution in [-0.4, -0.2) is 41.5 Å². The normalized spacial score (nSPS) is 17.0. The number of ketones is 1. The van der Waals surface area contributed by atoms with E-state index < -0.39 is 0 Å². The monoisotopic (exact) mass is 518 g/mol. The molecule has 1 saturated heterocycles. The quantitative estimate of drug-likeness (QED) is 0.409. The maximum atomic E-state index is 13.5. The largest absolute Gasteiger partial charge is 0.368 e. The molecule has 0 aromatic carbocycles. The molecule has 13 heteroatoms. The van der Waals surface area contributed by atoms with E-state index in [1.807, 2.05) is 11.8 Å². The second kappa shape index (κ2) is 9.65. The SMILES string of the molecule is CC(=O)c1cnc(N)nc1N1C[C@H](C)[C@H]1c1nn2ccc(Cl)c2c(=O)n1-c1ccccn1.S.S. The Morgan fingerprint density at radius 2 is 1.97 bits per heavy atom. The van der Waals surface area contributed by atoms with Crippen molar-refractivity contribution >= 4 is 61.7 Å². The van der Waals surface area contributed by atoms with Crippen molar-refractivity contribution in [2.75, 3.05) is 17.2 Å². The van der Waals surface area contributed by atoms with Crippen LogP contribution in [0.4, 0.5) is 11.8 Å². The average Bonchev–Trinajstić information content (AvgIpc) is 3.13. The molecular formula is C21H23ClN8O2S2. The van der Waals surface area contributed by atoms with Gasteiger partial charge in [0.05, 0.1) is 16.6 Å². The molecule has 0 bridgehead atoms. The second-order valence-corrected chi connectivity index (χ2v) is 8.15. The summed E-state index contributed by atoms with van der Waals surface area (Å²) in [5, 5.41) is 5.04. The first-order valence-electron chi connectivity index (χ1n) is 9.98. The minimum absolute atomic E-state index is 0. The highest BCUT2D eigenvalue weighted by molar-refractivity contribution is 7.59. The molecule has 4 aromatic rings. The lowest BCUT2D eigenvalue weighted by atomic mass is 9.88. The van der Waals surface area contributed by atoms with Crippen LogP contribution in [0.25, 0.3) is 11.3 Å². The third-order valence-electron chi connectivity index (χ3n) is 5.60. The number of rotatable bonds is 4. The van der Waals surface area contributed by atoms with Crippen molar-refractivity contribution in [1.82, 2.24) is 29.1 Å². The van der Waals surface area contributed by atoms with Gasteiger partial charge in [0, 0.05) is 31.1 Å². The minimum Gasteiger partial charge on any atom is -0.368 e. The molecule has 0 aliphatic carbocycles. The highest BCUT2D eigenvalue weighted by Crippen LogP contribution is 2.42. The summed E-state index contributed by atoms with van der Waals surface area (Å²) in [6.07, 6.45) is 4.67. The number of halogens is 1. The summed E-state index contributed by atoms with van der Waals surface area (Å²) in [5.41, 5.74) is 6.10. The summed E-state index contributed by atoms with van der Waals surface area (Å²) in [5.74, 6) is 1.29. The van der Waals surface area contributed by atoms with Gasteiger partial charge >= 0.3 is 0 Å². The zero-order valence-electron chi connectivity index (χ0n) is 18.3. The molecule has 34 heavy (non-hydrogen) atoms. The standard InChI is InChI=1S/C21H19ClN8O2.2H2S/c1-11-10-28(18-13(12(2)31)9-25-21(23)26-18)16(11)19-27-29-8-6-14(22)17(29)20(32)30(19)15-5-3-4-7-24-15;;/h3-9,11,16H,10H2,1-2H3,(H2,23,25,26);2*1H2/t11-,16-;;/m0../s1. The lowest BCUT2D eigenvalue weighted by molar-refractivity contribution is 0.101. The summed E-state index contributed by atoms with van der Waals surface area (Å²) in [6, 6.07) is 6.56. The van der Waals surface area contributed by atoms with E-state index in [1.54, 1.807) is 36.7 Å².